The Bertz CT molecular complexity index is 516. The number of aryl methyl sites for hydroxylation is 1. The molecule has 0 spiro atoms. The summed E-state index contributed by atoms with van der Waals surface area (Å²) in [5.41, 5.74) is 2.94. The van der Waals surface area contributed by atoms with E-state index in [1.165, 1.54) is 11.6 Å². The summed E-state index contributed by atoms with van der Waals surface area (Å²) in [6, 6.07) is 6.02. The van der Waals surface area contributed by atoms with E-state index in [1.807, 2.05) is 33.0 Å². The van der Waals surface area contributed by atoms with E-state index in [2.05, 4.69) is 5.10 Å². The van der Waals surface area contributed by atoms with Gasteiger partial charge in [-0.3, -0.25) is 4.79 Å². The van der Waals surface area contributed by atoms with Gasteiger partial charge in [0.2, 0.25) is 5.91 Å². The van der Waals surface area contributed by atoms with Crippen LogP contribution in [0.5, 0.6) is 0 Å². The lowest BCUT2D eigenvalue weighted by molar-refractivity contribution is 0.0926. The molecule has 1 aromatic carbocycles. The van der Waals surface area contributed by atoms with Gasteiger partial charge in [-0.15, -0.1) is 0 Å². The second-order valence-electron chi connectivity index (χ2n) is 3.54. The van der Waals surface area contributed by atoms with E-state index < -0.39 is 0 Å². The zero-order chi connectivity index (χ0) is 10.3. The van der Waals surface area contributed by atoms with Crippen LogP contribution in [0.25, 0.3) is 10.9 Å². The van der Waals surface area contributed by atoms with E-state index >= 15 is 0 Å². The van der Waals surface area contributed by atoms with Crippen LogP contribution in [0.1, 0.15) is 17.4 Å². The highest BCUT2D eigenvalue weighted by atomic mass is 16.2. The molecule has 0 fully saturated rings. The Morgan fingerprint density at radius 1 is 1.50 bits per heavy atom. The Labute approximate surface area is 83.1 Å². The quantitative estimate of drug-likeness (QED) is 0.553. The van der Waals surface area contributed by atoms with Crippen molar-refractivity contribution in [1.29, 1.82) is 0 Å². The fraction of sp³-hybridized carbons (Fsp3) is 0.200. The number of hydrogen-bond donors (Lipinski definition) is 0. The maximum atomic E-state index is 11.3. The van der Waals surface area contributed by atoms with Crippen LogP contribution in [0.4, 0.5) is 0 Å². The van der Waals surface area contributed by atoms with Gasteiger partial charge in [0.1, 0.15) is 7.85 Å². The van der Waals surface area contributed by atoms with E-state index in [-0.39, 0.29) is 5.91 Å². The molecule has 0 N–H and O–H groups in total. The second kappa shape index (κ2) is 2.98. The molecule has 0 saturated heterocycles. The van der Waals surface area contributed by atoms with Crippen LogP contribution < -0.4 is 5.46 Å². The van der Waals surface area contributed by atoms with Crippen LogP contribution in [-0.4, -0.2) is 23.5 Å². The van der Waals surface area contributed by atoms with Gasteiger partial charge in [-0.1, -0.05) is 17.6 Å². The Balaban J connectivity index is 2.85. The van der Waals surface area contributed by atoms with Gasteiger partial charge in [0.15, 0.2) is 0 Å². The molecular formula is C10H11BN2O. The first-order chi connectivity index (χ1) is 6.59. The Morgan fingerprint density at radius 2 is 2.21 bits per heavy atom. The number of carbonyl (C=O) groups is 1. The molecule has 1 aromatic heterocycles. The van der Waals surface area contributed by atoms with E-state index in [9.17, 15) is 4.79 Å². The highest BCUT2D eigenvalue weighted by Gasteiger charge is 2.09. The Kier molecular flexibility index (Phi) is 1.91. The molecule has 0 amide bonds. The zero-order valence-corrected chi connectivity index (χ0v) is 8.53. The van der Waals surface area contributed by atoms with Gasteiger partial charge >= 0.3 is 0 Å². The molecule has 0 saturated carbocycles. The van der Waals surface area contributed by atoms with Gasteiger partial charge in [0, 0.05) is 12.3 Å². The SMILES string of the molecule is Bc1ccc2c(C)nn(C(C)=O)c2c1. The fourth-order valence-corrected chi connectivity index (χ4v) is 1.62. The van der Waals surface area contributed by atoms with Crippen molar-refractivity contribution < 1.29 is 4.79 Å². The lowest BCUT2D eigenvalue weighted by Gasteiger charge is -1.97. The third-order valence-corrected chi connectivity index (χ3v) is 2.32. The Hall–Kier alpha value is -1.58. The lowest BCUT2D eigenvalue weighted by atomic mass is 9.95. The maximum absolute atomic E-state index is 11.3. The highest BCUT2D eigenvalue weighted by molar-refractivity contribution is 6.33. The van der Waals surface area contributed by atoms with Gasteiger partial charge in [-0.05, 0) is 13.0 Å². The topological polar surface area (TPSA) is 34.9 Å². The van der Waals surface area contributed by atoms with Crippen molar-refractivity contribution in [1.82, 2.24) is 9.78 Å². The monoisotopic (exact) mass is 186 g/mol. The number of nitrogens with zero attached hydrogens (tertiary/aromatic N) is 2. The van der Waals surface area contributed by atoms with Gasteiger partial charge in [-0.25, -0.2) is 4.68 Å². The van der Waals surface area contributed by atoms with Crippen molar-refractivity contribution >= 4 is 30.1 Å². The van der Waals surface area contributed by atoms with Crippen LogP contribution in [0.15, 0.2) is 18.2 Å². The number of fused-ring (bicyclic) bond motifs is 1. The fourth-order valence-electron chi connectivity index (χ4n) is 1.62. The minimum Gasteiger partial charge on any atom is -0.273 e. The molecule has 2 aromatic rings. The summed E-state index contributed by atoms with van der Waals surface area (Å²) < 4.78 is 1.46. The van der Waals surface area contributed by atoms with E-state index in [1.54, 1.807) is 0 Å². The molecular weight excluding hydrogens is 175 g/mol. The van der Waals surface area contributed by atoms with Crippen LogP contribution in [-0.2, 0) is 0 Å². The number of benzene rings is 1. The van der Waals surface area contributed by atoms with Crippen LogP contribution in [0.3, 0.4) is 0 Å². The molecule has 0 radical (unpaired) electrons. The highest BCUT2D eigenvalue weighted by Crippen LogP contribution is 2.15. The van der Waals surface area contributed by atoms with Gasteiger partial charge in [0.05, 0.1) is 11.2 Å². The van der Waals surface area contributed by atoms with E-state index in [0.29, 0.717) is 0 Å². The van der Waals surface area contributed by atoms with Crippen LogP contribution >= 0.6 is 0 Å². The van der Waals surface area contributed by atoms with Crippen molar-refractivity contribution in [3.8, 4) is 0 Å². The number of rotatable bonds is 0. The van der Waals surface area contributed by atoms with Crippen molar-refractivity contribution in [2.45, 2.75) is 13.8 Å². The third-order valence-electron chi connectivity index (χ3n) is 2.32. The zero-order valence-electron chi connectivity index (χ0n) is 8.53. The van der Waals surface area contributed by atoms with Crippen molar-refractivity contribution in [3.05, 3.63) is 23.9 Å². The number of aromatic nitrogens is 2. The van der Waals surface area contributed by atoms with Crippen molar-refractivity contribution in [3.63, 3.8) is 0 Å². The molecule has 1 heterocycles. The average Bonchev–Trinajstić information content (AvgIpc) is 2.43. The minimum atomic E-state index is -0.0475. The molecule has 0 aliphatic rings. The summed E-state index contributed by atoms with van der Waals surface area (Å²) in [4.78, 5) is 11.3. The second-order valence-corrected chi connectivity index (χ2v) is 3.54. The first kappa shape index (κ1) is 9.00. The normalized spacial score (nSPS) is 10.7. The molecule has 0 atom stereocenters. The molecule has 0 bridgehead atoms. The summed E-state index contributed by atoms with van der Waals surface area (Å²) in [7, 11) is 2.01. The van der Waals surface area contributed by atoms with Crippen LogP contribution in [0, 0.1) is 6.92 Å². The van der Waals surface area contributed by atoms with Gasteiger partial charge < -0.3 is 0 Å². The van der Waals surface area contributed by atoms with E-state index in [4.69, 9.17) is 0 Å². The first-order valence-electron chi connectivity index (χ1n) is 4.56. The van der Waals surface area contributed by atoms with E-state index in [0.717, 1.165) is 22.1 Å². The van der Waals surface area contributed by atoms with Crippen LogP contribution in [0.2, 0.25) is 0 Å². The summed E-state index contributed by atoms with van der Waals surface area (Å²) in [5, 5.41) is 5.24. The van der Waals surface area contributed by atoms with Gasteiger partial charge in [-0.2, -0.15) is 5.10 Å². The summed E-state index contributed by atoms with van der Waals surface area (Å²) in [5.74, 6) is -0.0475. The predicted molar refractivity (Wildman–Crippen MR) is 58.9 cm³/mol. The molecule has 70 valence electrons. The number of hydrogen-bond acceptors (Lipinski definition) is 2. The summed E-state index contributed by atoms with van der Waals surface area (Å²) >= 11 is 0. The lowest BCUT2D eigenvalue weighted by Crippen LogP contribution is -2.09. The molecule has 0 aliphatic carbocycles. The third kappa shape index (κ3) is 1.23. The first-order valence-corrected chi connectivity index (χ1v) is 4.56. The number of carbonyl (C=O) groups excluding carboxylic acids is 1. The standard InChI is InChI=1S/C10H11BN2O/c1-6-9-4-3-8(11)5-10(9)13(12-6)7(2)14/h3-5H,11H2,1-2H3. The van der Waals surface area contributed by atoms with Crippen molar-refractivity contribution in [2.24, 2.45) is 0 Å². The largest absolute Gasteiger partial charge is 0.273 e. The summed E-state index contributed by atoms with van der Waals surface area (Å²) in [6.07, 6.45) is 0. The minimum absolute atomic E-state index is 0.0475. The van der Waals surface area contributed by atoms with Gasteiger partial charge in [0.25, 0.3) is 0 Å². The molecule has 2 rings (SSSR count). The molecule has 14 heavy (non-hydrogen) atoms. The molecule has 0 unspecified atom stereocenters. The molecule has 0 aliphatic heterocycles. The Morgan fingerprint density at radius 3 is 2.86 bits per heavy atom. The predicted octanol–water partition coefficient (Wildman–Crippen LogP) is 0.263. The summed E-state index contributed by atoms with van der Waals surface area (Å²) in [6.45, 7) is 3.44. The van der Waals surface area contributed by atoms with Crippen molar-refractivity contribution in [2.75, 3.05) is 0 Å². The smallest absolute Gasteiger partial charge is 0.244 e. The molecule has 4 heteroatoms. The molecule has 3 nitrogen and oxygen atoms in total. The maximum Gasteiger partial charge on any atom is 0.244 e. The average molecular weight is 186 g/mol.